The van der Waals surface area contributed by atoms with Gasteiger partial charge < -0.3 is 10.1 Å². The Balaban J connectivity index is 1.99. The van der Waals surface area contributed by atoms with Crippen LogP contribution in [0.2, 0.25) is 0 Å². The Morgan fingerprint density at radius 3 is 2.71 bits per heavy atom. The van der Waals surface area contributed by atoms with Crippen molar-refractivity contribution in [1.82, 2.24) is 0 Å². The van der Waals surface area contributed by atoms with E-state index in [1.807, 2.05) is 24.3 Å². The Kier molecular flexibility index (Phi) is 5.89. The molecule has 0 spiro atoms. The lowest BCUT2D eigenvalue weighted by Gasteiger charge is -2.15. The van der Waals surface area contributed by atoms with E-state index in [2.05, 4.69) is 19.2 Å². The smallest absolute Gasteiger partial charge is 0.273 e. The molecule has 0 aliphatic rings. The van der Waals surface area contributed by atoms with Crippen LogP contribution in [-0.2, 0) is 4.79 Å². The molecule has 0 bridgehead atoms. The fourth-order valence-corrected chi connectivity index (χ4v) is 2.28. The van der Waals surface area contributed by atoms with Gasteiger partial charge in [-0.1, -0.05) is 38.1 Å². The first-order valence-corrected chi connectivity index (χ1v) is 7.77. The van der Waals surface area contributed by atoms with Gasteiger partial charge in [0.2, 0.25) is 0 Å². The lowest BCUT2D eigenvalue weighted by molar-refractivity contribution is -0.384. The van der Waals surface area contributed by atoms with Crippen LogP contribution < -0.4 is 10.1 Å². The van der Waals surface area contributed by atoms with Gasteiger partial charge in [-0.3, -0.25) is 14.9 Å². The predicted octanol–water partition coefficient (Wildman–Crippen LogP) is 4.13. The number of hydrogen-bond donors (Lipinski definition) is 1. The number of non-ortho nitro benzene ring substituents is 1. The van der Waals surface area contributed by atoms with Crippen molar-refractivity contribution in [2.75, 3.05) is 11.9 Å². The molecule has 0 fully saturated rings. The molecule has 0 unspecified atom stereocenters. The van der Waals surface area contributed by atoms with Gasteiger partial charge in [0.25, 0.3) is 11.6 Å². The van der Waals surface area contributed by atoms with E-state index in [1.165, 1.54) is 18.2 Å². The highest BCUT2D eigenvalue weighted by Crippen LogP contribution is 2.26. The highest BCUT2D eigenvalue weighted by Gasteiger charge is 2.12. The van der Waals surface area contributed by atoms with E-state index in [4.69, 9.17) is 4.74 Å². The number of nitrogens with zero attached hydrogens (tertiary/aromatic N) is 1. The Labute approximate surface area is 140 Å². The lowest BCUT2D eigenvalue weighted by atomic mass is 9.97. The van der Waals surface area contributed by atoms with Crippen molar-refractivity contribution in [1.29, 1.82) is 0 Å². The molecule has 0 aliphatic heterocycles. The number of rotatable bonds is 7. The number of nitrogens with one attached hydrogen (secondary N) is 1. The maximum atomic E-state index is 12.1. The molecular formula is C18H20N2O4. The van der Waals surface area contributed by atoms with Crippen LogP contribution in [0, 0.1) is 10.1 Å². The number of benzene rings is 2. The molecule has 2 aromatic rings. The predicted molar refractivity (Wildman–Crippen MR) is 92.4 cm³/mol. The van der Waals surface area contributed by atoms with Crippen LogP contribution in [0.25, 0.3) is 0 Å². The SMILES string of the molecule is CC[C@H](C)c1ccccc1NC(=O)COc1cccc([N+](=O)[O-])c1. The molecule has 2 aromatic carbocycles. The van der Waals surface area contributed by atoms with Gasteiger partial charge >= 0.3 is 0 Å². The van der Waals surface area contributed by atoms with Gasteiger partial charge in [-0.05, 0) is 30.0 Å². The maximum absolute atomic E-state index is 12.1. The van der Waals surface area contributed by atoms with Gasteiger partial charge in [-0.15, -0.1) is 0 Å². The van der Waals surface area contributed by atoms with Crippen LogP contribution in [0.15, 0.2) is 48.5 Å². The zero-order valence-electron chi connectivity index (χ0n) is 13.7. The molecule has 1 N–H and O–H groups in total. The number of anilines is 1. The largest absolute Gasteiger partial charge is 0.484 e. The van der Waals surface area contributed by atoms with Gasteiger partial charge in [0.15, 0.2) is 6.61 Å². The summed E-state index contributed by atoms with van der Waals surface area (Å²) in [6.45, 7) is 3.98. The van der Waals surface area contributed by atoms with Crippen molar-refractivity contribution < 1.29 is 14.5 Å². The van der Waals surface area contributed by atoms with Crippen LogP contribution in [-0.4, -0.2) is 17.4 Å². The molecule has 0 radical (unpaired) electrons. The van der Waals surface area contributed by atoms with Crippen LogP contribution in [0.5, 0.6) is 5.75 Å². The standard InChI is InChI=1S/C18H20N2O4/c1-3-13(2)16-9-4-5-10-17(16)19-18(21)12-24-15-8-6-7-14(11-15)20(22)23/h4-11,13H,3,12H2,1-2H3,(H,19,21)/t13-/m0/s1. The Morgan fingerprint density at radius 2 is 2.00 bits per heavy atom. The van der Waals surface area contributed by atoms with Crippen LogP contribution in [0.3, 0.4) is 0 Å². The molecule has 126 valence electrons. The van der Waals surface area contributed by atoms with E-state index in [9.17, 15) is 14.9 Å². The van der Waals surface area contributed by atoms with E-state index in [1.54, 1.807) is 6.07 Å². The number of ether oxygens (including phenoxy) is 1. The first kappa shape index (κ1) is 17.5. The van der Waals surface area contributed by atoms with E-state index in [0.29, 0.717) is 5.92 Å². The summed E-state index contributed by atoms with van der Waals surface area (Å²) in [5.41, 5.74) is 1.76. The van der Waals surface area contributed by atoms with Gasteiger partial charge in [0, 0.05) is 11.8 Å². The number of nitro groups is 1. The summed E-state index contributed by atoms with van der Waals surface area (Å²) >= 11 is 0. The molecule has 0 saturated carbocycles. The average Bonchev–Trinajstić information content (AvgIpc) is 2.60. The van der Waals surface area contributed by atoms with Gasteiger partial charge in [-0.25, -0.2) is 0 Å². The van der Waals surface area contributed by atoms with Crippen molar-refractivity contribution in [3.63, 3.8) is 0 Å². The van der Waals surface area contributed by atoms with Gasteiger partial charge in [0.05, 0.1) is 11.0 Å². The fourth-order valence-electron chi connectivity index (χ4n) is 2.28. The molecular weight excluding hydrogens is 308 g/mol. The molecule has 0 aliphatic carbocycles. The van der Waals surface area contributed by atoms with Crippen molar-refractivity contribution in [2.24, 2.45) is 0 Å². The quantitative estimate of drug-likeness (QED) is 0.612. The Hall–Kier alpha value is -2.89. The first-order chi connectivity index (χ1) is 11.5. The van der Waals surface area contributed by atoms with E-state index >= 15 is 0 Å². The summed E-state index contributed by atoms with van der Waals surface area (Å²) in [7, 11) is 0. The second kappa shape index (κ2) is 8.10. The summed E-state index contributed by atoms with van der Waals surface area (Å²) in [6.07, 6.45) is 0.969. The topological polar surface area (TPSA) is 81.5 Å². The van der Waals surface area contributed by atoms with Crippen molar-refractivity contribution in [3.8, 4) is 5.75 Å². The summed E-state index contributed by atoms with van der Waals surface area (Å²) in [5.74, 6) is 0.311. The second-order valence-electron chi connectivity index (χ2n) is 5.49. The Bertz CT molecular complexity index is 730. The number of carbonyl (C=O) groups is 1. The summed E-state index contributed by atoms with van der Waals surface area (Å²) in [6, 6.07) is 13.4. The molecule has 1 atom stereocenters. The minimum atomic E-state index is -0.505. The Morgan fingerprint density at radius 1 is 1.25 bits per heavy atom. The lowest BCUT2D eigenvalue weighted by Crippen LogP contribution is -2.21. The van der Waals surface area contributed by atoms with Crippen molar-refractivity contribution in [3.05, 3.63) is 64.2 Å². The molecule has 0 aromatic heterocycles. The molecule has 24 heavy (non-hydrogen) atoms. The fraction of sp³-hybridized carbons (Fsp3) is 0.278. The summed E-state index contributed by atoms with van der Waals surface area (Å²) in [4.78, 5) is 22.3. The van der Waals surface area contributed by atoms with E-state index in [0.717, 1.165) is 17.7 Å². The molecule has 0 saturated heterocycles. The third-order valence-electron chi connectivity index (χ3n) is 3.78. The van der Waals surface area contributed by atoms with Crippen LogP contribution >= 0.6 is 0 Å². The second-order valence-corrected chi connectivity index (χ2v) is 5.49. The molecule has 0 heterocycles. The van der Waals surface area contributed by atoms with Crippen LogP contribution in [0.4, 0.5) is 11.4 Å². The average molecular weight is 328 g/mol. The first-order valence-electron chi connectivity index (χ1n) is 7.77. The zero-order valence-corrected chi connectivity index (χ0v) is 13.7. The van der Waals surface area contributed by atoms with E-state index < -0.39 is 4.92 Å². The summed E-state index contributed by atoms with van der Waals surface area (Å²) < 4.78 is 5.34. The van der Waals surface area contributed by atoms with Gasteiger partial charge in [-0.2, -0.15) is 0 Å². The highest BCUT2D eigenvalue weighted by atomic mass is 16.6. The minimum Gasteiger partial charge on any atom is -0.484 e. The zero-order chi connectivity index (χ0) is 17.5. The number of hydrogen-bond acceptors (Lipinski definition) is 4. The van der Waals surface area contributed by atoms with Gasteiger partial charge in [0.1, 0.15) is 5.75 Å². The molecule has 1 amide bonds. The number of amides is 1. The van der Waals surface area contributed by atoms with Crippen molar-refractivity contribution in [2.45, 2.75) is 26.2 Å². The van der Waals surface area contributed by atoms with E-state index in [-0.39, 0.29) is 24.0 Å². The number of carbonyl (C=O) groups excluding carboxylic acids is 1. The van der Waals surface area contributed by atoms with Crippen molar-refractivity contribution >= 4 is 17.3 Å². The third kappa shape index (κ3) is 4.55. The molecule has 2 rings (SSSR count). The maximum Gasteiger partial charge on any atom is 0.273 e. The summed E-state index contributed by atoms with van der Waals surface area (Å²) in [5, 5.41) is 13.6. The monoisotopic (exact) mass is 328 g/mol. The number of nitro benzene ring substituents is 1. The molecule has 6 heteroatoms. The normalized spacial score (nSPS) is 11.6. The highest BCUT2D eigenvalue weighted by molar-refractivity contribution is 5.92. The number of para-hydroxylation sites is 1. The third-order valence-corrected chi connectivity index (χ3v) is 3.78. The molecule has 6 nitrogen and oxygen atoms in total. The minimum absolute atomic E-state index is 0.0741. The van der Waals surface area contributed by atoms with Crippen LogP contribution in [0.1, 0.15) is 31.7 Å².